The van der Waals surface area contributed by atoms with E-state index in [1.807, 2.05) is 0 Å². The smallest absolute Gasteiger partial charge is 0.280 e. The van der Waals surface area contributed by atoms with E-state index >= 15 is 0 Å². The van der Waals surface area contributed by atoms with E-state index in [1.54, 1.807) is 13.1 Å². The predicted octanol–water partition coefficient (Wildman–Crippen LogP) is 1.98. The molecule has 0 unspecified atom stereocenters. The number of non-ortho nitro benzene ring substituents is 1. The molecule has 8 heteroatoms. The molecule has 2 aromatic rings. The van der Waals surface area contributed by atoms with Crippen molar-refractivity contribution < 1.29 is 9.66 Å². The molecule has 0 saturated carbocycles. The highest BCUT2D eigenvalue weighted by Gasteiger charge is 2.15. The van der Waals surface area contributed by atoms with Crippen LogP contribution in [-0.4, -0.2) is 40.2 Å². The van der Waals surface area contributed by atoms with Gasteiger partial charge in [0.2, 0.25) is 0 Å². The Kier molecular flexibility index (Phi) is 4.57. The fourth-order valence-electron chi connectivity index (χ4n) is 2.67. The standard InChI is InChI=1S/C16H18N4O4/c1-11-15(10-17-9-14-3-2-8-24-14)16(21)19(18-11)12-4-6-13(7-5-12)20(22)23/h4-7,10,14,18H,2-3,8-9H2,1H3/t14-/m1/s1. The molecule has 2 heterocycles. The van der Waals surface area contributed by atoms with Crippen LogP contribution < -0.4 is 5.56 Å². The normalized spacial score (nSPS) is 17.6. The van der Waals surface area contributed by atoms with Crippen LogP contribution in [0.15, 0.2) is 34.1 Å². The van der Waals surface area contributed by atoms with E-state index < -0.39 is 4.92 Å². The zero-order valence-electron chi connectivity index (χ0n) is 13.3. The van der Waals surface area contributed by atoms with Crippen molar-refractivity contribution in [3.05, 3.63) is 56.0 Å². The first-order valence-electron chi connectivity index (χ1n) is 7.74. The van der Waals surface area contributed by atoms with Crippen LogP contribution in [0.4, 0.5) is 5.69 Å². The van der Waals surface area contributed by atoms with E-state index in [0.29, 0.717) is 23.5 Å². The topological polar surface area (TPSA) is 103 Å². The highest BCUT2D eigenvalue weighted by Crippen LogP contribution is 2.14. The number of nitrogens with zero attached hydrogens (tertiary/aromatic N) is 3. The second-order valence-corrected chi connectivity index (χ2v) is 5.69. The van der Waals surface area contributed by atoms with E-state index in [2.05, 4.69) is 10.1 Å². The number of rotatable bonds is 5. The van der Waals surface area contributed by atoms with Crippen molar-refractivity contribution in [2.24, 2.45) is 4.99 Å². The average Bonchev–Trinajstić information content (AvgIpc) is 3.18. The molecule has 3 rings (SSSR count). The number of aromatic amines is 1. The summed E-state index contributed by atoms with van der Waals surface area (Å²) in [5.41, 5.74) is 1.44. The Morgan fingerprint density at radius 3 is 2.83 bits per heavy atom. The van der Waals surface area contributed by atoms with Crippen molar-refractivity contribution in [1.29, 1.82) is 0 Å². The maximum absolute atomic E-state index is 12.5. The Bertz CT molecular complexity index is 814. The van der Waals surface area contributed by atoms with E-state index in [0.717, 1.165) is 19.4 Å². The molecule has 1 aliphatic heterocycles. The highest BCUT2D eigenvalue weighted by atomic mass is 16.6. The molecule has 1 fully saturated rings. The molecule has 1 N–H and O–H groups in total. The minimum atomic E-state index is -0.476. The fourth-order valence-corrected chi connectivity index (χ4v) is 2.67. The molecule has 8 nitrogen and oxygen atoms in total. The Morgan fingerprint density at radius 1 is 1.46 bits per heavy atom. The van der Waals surface area contributed by atoms with Crippen LogP contribution in [0.5, 0.6) is 0 Å². The van der Waals surface area contributed by atoms with Gasteiger partial charge in [0.15, 0.2) is 0 Å². The number of H-pyrrole nitrogens is 1. The number of aliphatic imine (C=N–C) groups is 1. The summed E-state index contributed by atoms with van der Waals surface area (Å²) in [5.74, 6) is 0. The van der Waals surface area contributed by atoms with Crippen molar-refractivity contribution in [3.8, 4) is 5.69 Å². The molecule has 0 spiro atoms. The molecule has 24 heavy (non-hydrogen) atoms. The fraction of sp³-hybridized carbons (Fsp3) is 0.375. The molecule has 0 bridgehead atoms. The highest BCUT2D eigenvalue weighted by molar-refractivity contribution is 5.80. The monoisotopic (exact) mass is 330 g/mol. The minimum Gasteiger partial charge on any atom is -0.376 e. The van der Waals surface area contributed by atoms with Gasteiger partial charge in [-0.3, -0.25) is 25.0 Å². The van der Waals surface area contributed by atoms with Crippen LogP contribution >= 0.6 is 0 Å². The number of nitro benzene ring substituents is 1. The number of aryl methyl sites for hydroxylation is 1. The van der Waals surface area contributed by atoms with Gasteiger partial charge in [-0.1, -0.05) is 0 Å². The van der Waals surface area contributed by atoms with Gasteiger partial charge in [-0.05, 0) is 31.9 Å². The molecule has 1 aliphatic rings. The third-order valence-electron chi connectivity index (χ3n) is 3.99. The molecule has 1 aromatic heterocycles. The molecule has 0 aliphatic carbocycles. The Labute approximate surface area is 137 Å². The first-order valence-corrected chi connectivity index (χ1v) is 7.74. The van der Waals surface area contributed by atoms with Gasteiger partial charge in [0.05, 0.1) is 28.8 Å². The lowest BCUT2D eigenvalue weighted by Crippen LogP contribution is -2.17. The summed E-state index contributed by atoms with van der Waals surface area (Å²) in [6, 6.07) is 5.79. The Morgan fingerprint density at radius 2 is 2.21 bits per heavy atom. The quantitative estimate of drug-likeness (QED) is 0.514. The van der Waals surface area contributed by atoms with E-state index in [-0.39, 0.29) is 17.4 Å². The first-order chi connectivity index (χ1) is 11.6. The molecular formula is C16H18N4O4. The van der Waals surface area contributed by atoms with Crippen molar-refractivity contribution in [3.63, 3.8) is 0 Å². The van der Waals surface area contributed by atoms with Crippen molar-refractivity contribution in [2.75, 3.05) is 13.2 Å². The van der Waals surface area contributed by atoms with Gasteiger partial charge in [-0.25, -0.2) is 4.68 Å². The number of aromatic nitrogens is 2. The summed E-state index contributed by atoms with van der Waals surface area (Å²) in [7, 11) is 0. The molecule has 126 valence electrons. The number of hydrogen-bond acceptors (Lipinski definition) is 5. The number of nitrogens with one attached hydrogen (secondary N) is 1. The zero-order valence-corrected chi connectivity index (χ0v) is 13.3. The third-order valence-corrected chi connectivity index (χ3v) is 3.99. The molecule has 0 radical (unpaired) electrons. The van der Waals surface area contributed by atoms with Crippen LogP contribution in [0.2, 0.25) is 0 Å². The maximum Gasteiger partial charge on any atom is 0.280 e. The van der Waals surface area contributed by atoms with Crippen LogP contribution in [0.25, 0.3) is 5.69 Å². The zero-order chi connectivity index (χ0) is 17.1. The molecule has 1 atom stereocenters. The lowest BCUT2D eigenvalue weighted by molar-refractivity contribution is -0.384. The molecule has 1 aromatic carbocycles. The number of nitro groups is 1. The van der Waals surface area contributed by atoms with E-state index in [9.17, 15) is 14.9 Å². The summed E-state index contributed by atoms with van der Waals surface area (Å²) < 4.78 is 6.85. The first kappa shape index (κ1) is 16.1. The van der Waals surface area contributed by atoms with Gasteiger partial charge in [0.25, 0.3) is 11.2 Å². The van der Waals surface area contributed by atoms with Gasteiger partial charge in [0.1, 0.15) is 0 Å². The largest absolute Gasteiger partial charge is 0.376 e. The van der Waals surface area contributed by atoms with Gasteiger partial charge in [-0.15, -0.1) is 0 Å². The van der Waals surface area contributed by atoms with Gasteiger partial charge in [-0.2, -0.15) is 0 Å². The summed E-state index contributed by atoms with van der Waals surface area (Å²) in [6.45, 7) is 3.11. The summed E-state index contributed by atoms with van der Waals surface area (Å²) in [4.78, 5) is 27.1. The van der Waals surface area contributed by atoms with Crippen LogP contribution in [0, 0.1) is 17.0 Å². The molecule has 0 amide bonds. The predicted molar refractivity (Wildman–Crippen MR) is 89.2 cm³/mol. The third kappa shape index (κ3) is 3.28. The molecule has 1 saturated heterocycles. The van der Waals surface area contributed by atoms with E-state index in [4.69, 9.17) is 4.74 Å². The summed E-state index contributed by atoms with van der Waals surface area (Å²) in [5, 5.41) is 13.7. The number of hydrogen-bond donors (Lipinski definition) is 1. The summed E-state index contributed by atoms with van der Waals surface area (Å²) >= 11 is 0. The van der Waals surface area contributed by atoms with E-state index in [1.165, 1.54) is 28.9 Å². The Hall–Kier alpha value is -2.74. The lowest BCUT2D eigenvalue weighted by atomic mass is 10.2. The maximum atomic E-state index is 12.5. The van der Waals surface area contributed by atoms with Gasteiger partial charge in [0, 0.05) is 30.6 Å². The van der Waals surface area contributed by atoms with Crippen LogP contribution in [-0.2, 0) is 4.74 Å². The van der Waals surface area contributed by atoms with Crippen molar-refractivity contribution in [2.45, 2.75) is 25.9 Å². The second-order valence-electron chi connectivity index (χ2n) is 5.69. The average molecular weight is 330 g/mol. The lowest BCUT2D eigenvalue weighted by Gasteiger charge is -2.03. The van der Waals surface area contributed by atoms with Crippen LogP contribution in [0.3, 0.4) is 0 Å². The van der Waals surface area contributed by atoms with Crippen molar-refractivity contribution >= 4 is 11.9 Å². The molecular weight excluding hydrogens is 312 g/mol. The van der Waals surface area contributed by atoms with Gasteiger partial charge < -0.3 is 4.74 Å². The van der Waals surface area contributed by atoms with Crippen molar-refractivity contribution in [1.82, 2.24) is 9.78 Å². The van der Waals surface area contributed by atoms with Crippen LogP contribution in [0.1, 0.15) is 24.1 Å². The SMILES string of the molecule is Cc1[nH]n(-c2ccc([N+](=O)[O-])cc2)c(=O)c1C=NC[C@H]1CCCO1. The van der Waals surface area contributed by atoms with Gasteiger partial charge >= 0.3 is 0 Å². The Balaban J connectivity index is 1.81. The number of ether oxygens (including phenoxy) is 1. The second kappa shape index (κ2) is 6.79. The summed E-state index contributed by atoms with van der Waals surface area (Å²) in [6.07, 6.45) is 3.75. The number of benzene rings is 1. The minimum absolute atomic E-state index is 0.0200.